The van der Waals surface area contributed by atoms with Gasteiger partial charge in [0.05, 0.1) is 38.6 Å². The Bertz CT molecular complexity index is 697. The third-order valence-corrected chi connectivity index (χ3v) is 4.32. The number of likely N-dealkylation sites (N-methyl/N-ethyl adjacent to an activating group) is 1. The first-order valence-electron chi connectivity index (χ1n) is 8.49. The molecule has 2 aromatic rings. The van der Waals surface area contributed by atoms with Crippen molar-refractivity contribution in [2.75, 3.05) is 33.3 Å². The normalized spacial score (nSPS) is 18.4. The Kier molecular flexibility index (Phi) is 5.50. The molecule has 25 heavy (non-hydrogen) atoms. The fourth-order valence-electron chi connectivity index (χ4n) is 3.00. The fraction of sp³-hybridized carbons (Fsp3) is 0.588. The number of amides is 1. The topological polar surface area (TPSA) is 76.6 Å². The minimum absolute atomic E-state index is 0.0109. The quantitative estimate of drug-likeness (QED) is 0.771. The predicted octanol–water partition coefficient (Wildman–Crippen LogP) is 0.847. The fourth-order valence-corrected chi connectivity index (χ4v) is 3.00. The van der Waals surface area contributed by atoms with E-state index in [0.29, 0.717) is 32.8 Å². The summed E-state index contributed by atoms with van der Waals surface area (Å²) in [6, 6.07) is 3.70. The van der Waals surface area contributed by atoms with Crippen LogP contribution in [-0.2, 0) is 22.6 Å². The molecule has 2 aromatic heterocycles. The third-order valence-electron chi connectivity index (χ3n) is 4.32. The number of carbonyl (C=O) groups is 1. The van der Waals surface area contributed by atoms with Crippen molar-refractivity contribution in [3.05, 3.63) is 35.8 Å². The Morgan fingerprint density at radius 3 is 2.96 bits per heavy atom. The zero-order chi connectivity index (χ0) is 17.8. The van der Waals surface area contributed by atoms with Crippen molar-refractivity contribution < 1.29 is 13.9 Å². The van der Waals surface area contributed by atoms with Crippen LogP contribution in [0.2, 0.25) is 0 Å². The molecule has 1 aliphatic rings. The molecule has 0 aliphatic carbocycles. The lowest BCUT2D eigenvalue weighted by molar-refractivity contribution is -0.134. The van der Waals surface area contributed by atoms with Crippen LogP contribution in [0.15, 0.2) is 22.8 Å². The number of aromatic nitrogens is 3. The van der Waals surface area contributed by atoms with E-state index in [1.165, 1.54) is 0 Å². The highest BCUT2D eigenvalue weighted by atomic mass is 16.5. The molecule has 0 N–H and O–H groups in total. The molecule has 1 amide bonds. The van der Waals surface area contributed by atoms with Gasteiger partial charge in [0.2, 0.25) is 5.91 Å². The van der Waals surface area contributed by atoms with Gasteiger partial charge in [0.15, 0.2) is 0 Å². The minimum atomic E-state index is 0.0109. The third kappa shape index (κ3) is 4.67. The highest BCUT2D eigenvalue weighted by Gasteiger charge is 2.24. The van der Waals surface area contributed by atoms with E-state index < -0.39 is 0 Å². The molecule has 136 valence electrons. The summed E-state index contributed by atoms with van der Waals surface area (Å²) < 4.78 is 13.0. The number of rotatable bonds is 6. The molecule has 3 heterocycles. The van der Waals surface area contributed by atoms with Crippen LogP contribution in [0, 0.1) is 13.8 Å². The van der Waals surface area contributed by atoms with Crippen LogP contribution in [-0.4, -0.2) is 69.9 Å². The second-order valence-corrected chi connectivity index (χ2v) is 6.45. The molecule has 0 bridgehead atoms. The van der Waals surface area contributed by atoms with Crippen molar-refractivity contribution in [2.24, 2.45) is 0 Å². The minimum Gasteiger partial charge on any atom is -0.467 e. The molecule has 1 unspecified atom stereocenters. The van der Waals surface area contributed by atoms with Gasteiger partial charge < -0.3 is 14.1 Å². The summed E-state index contributed by atoms with van der Waals surface area (Å²) in [6.07, 6.45) is 1.63. The Labute approximate surface area is 147 Å². The van der Waals surface area contributed by atoms with E-state index in [1.54, 1.807) is 18.2 Å². The van der Waals surface area contributed by atoms with Gasteiger partial charge in [-0.3, -0.25) is 9.69 Å². The molecule has 1 aliphatic heterocycles. The maximum Gasteiger partial charge on any atom is 0.236 e. The van der Waals surface area contributed by atoms with Crippen molar-refractivity contribution in [1.82, 2.24) is 24.6 Å². The number of hydrogen-bond acceptors (Lipinski definition) is 6. The van der Waals surface area contributed by atoms with Gasteiger partial charge in [-0.25, -0.2) is 9.67 Å². The van der Waals surface area contributed by atoms with Gasteiger partial charge in [-0.15, -0.1) is 0 Å². The zero-order valence-corrected chi connectivity index (χ0v) is 15.0. The van der Waals surface area contributed by atoms with E-state index in [2.05, 4.69) is 15.0 Å². The Hall–Kier alpha value is -2.19. The van der Waals surface area contributed by atoms with Crippen LogP contribution in [0.25, 0.3) is 0 Å². The SMILES string of the molecule is Cc1nc(C)n(CC2CN(CC(=O)N(C)Cc3ccco3)CCO2)n1. The number of aryl methyl sites for hydroxylation is 2. The number of carbonyl (C=O) groups excluding carboxylic acids is 1. The largest absolute Gasteiger partial charge is 0.467 e. The summed E-state index contributed by atoms with van der Waals surface area (Å²) in [5.41, 5.74) is 0. The van der Waals surface area contributed by atoms with Crippen LogP contribution in [0.1, 0.15) is 17.4 Å². The maximum absolute atomic E-state index is 12.4. The van der Waals surface area contributed by atoms with Crippen molar-refractivity contribution in [2.45, 2.75) is 33.0 Å². The van der Waals surface area contributed by atoms with Crippen LogP contribution in [0.5, 0.6) is 0 Å². The summed E-state index contributed by atoms with van der Waals surface area (Å²) in [7, 11) is 1.80. The zero-order valence-electron chi connectivity index (χ0n) is 15.0. The van der Waals surface area contributed by atoms with E-state index in [4.69, 9.17) is 9.15 Å². The Morgan fingerprint density at radius 2 is 2.28 bits per heavy atom. The molecule has 1 saturated heterocycles. The van der Waals surface area contributed by atoms with Crippen LogP contribution in [0.3, 0.4) is 0 Å². The molecule has 1 fully saturated rings. The van der Waals surface area contributed by atoms with Gasteiger partial charge in [0.1, 0.15) is 17.4 Å². The molecule has 1 atom stereocenters. The first-order chi connectivity index (χ1) is 12.0. The maximum atomic E-state index is 12.4. The number of furan rings is 1. The van der Waals surface area contributed by atoms with Crippen LogP contribution >= 0.6 is 0 Å². The van der Waals surface area contributed by atoms with Gasteiger partial charge in [0, 0.05) is 20.1 Å². The molecule has 0 radical (unpaired) electrons. The average molecular weight is 347 g/mol. The van der Waals surface area contributed by atoms with E-state index in [1.807, 2.05) is 30.7 Å². The molecular formula is C17H25N5O3. The van der Waals surface area contributed by atoms with Crippen molar-refractivity contribution in [1.29, 1.82) is 0 Å². The second kappa shape index (κ2) is 7.79. The molecule has 0 aromatic carbocycles. The Morgan fingerprint density at radius 1 is 1.44 bits per heavy atom. The predicted molar refractivity (Wildman–Crippen MR) is 90.9 cm³/mol. The van der Waals surface area contributed by atoms with Crippen molar-refractivity contribution >= 4 is 5.91 Å². The summed E-state index contributed by atoms with van der Waals surface area (Å²) in [5.74, 6) is 2.50. The Balaban J connectivity index is 1.50. The van der Waals surface area contributed by atoms with Crippen molar-refractivity contribution in [3.63, 3.8) is 0 Å². The number of ether oxygens (including phenoxy) is 1. The lowest BCUT2D eigenvalue weighted by atomic mass is 10.2. The van der Waals surface area contributed by atoms with Crippen LogP contribution < -0.4 is 0 Å². The highest BCUT2D eigenvalue weighted by molar-refractivity contribution is 5.77. The first-order valence-corrected chi connectivity index (χ1v) is 8.49. The van der Waals surface area contributed by atoms with Gasteiger partial charge in [0.25, 0.3) is 0 Å². The summed E-state index contributed by atoms with van der Waals surface area (Å²) in [4.78, 5) is 20.6. The molecule has 3 rings (SSSR count). The van der Waals surface area contributed by atoms with Crippen LogP contribution in [0.4, 0.5) is 0 Å². The first kappa shape index (κ1) is 17.6. The van der Waals surface area contributed by atoms with E-state index >= 15 is 0 Å². The van der Waals surface area contributed by atoms with E-state index in [0.717, 1.165) is 24.0 Å². The van der Waals surface area contributed by atoms with Gasteiger partial charge in [-0.1, -0.05) is 0 Å². The van der Waals surface area contributed by atoms with Crippen molar-refractivity contribution in [3.8, 4) is 0 Å². The monoisotopic (exact) mass is 347 g/mol. The number of hydrogen-bond donors (Lipinski definition) is 0. The summed E-state index contributed by atoms with van der Waals surface area (Å²) in [6.45, 7) is 7.42. The lowest BCUT2D eigenvalue weighted by Crippen LogP contribution is -2.48. The second-order valence-electron chi connectivity index (χ2n) is 6.45. The number of nitrogens with zero attached hydrogens (tertiary/aromatic N) is 5. The molecule has 8 nitrogen and oxygen atoms in total. The van der Waals surface area contributed by atoms with Gasteiger partial charge >= 0.3 is 0 Å². The van der Waals surface area contributed by atoms with E-state index in [-0.39, 0.29) is 12.0 Å². The highest BCUT2D eigenvalue weighted by Crippen LogP contribution is 2.10. The smallest absolute Gasteiger partial charge is 0.236 e. The molecular weight excluding hydrogens is 322 g/mol. The number of morpholine rings is 1. The van der Waals surface area contributed by atoms with Gasteiger partial charge in [-0.2, -0.15) is 5.10 Å². The molecule has 0 saturated carbocycles. The summed E-state index contributed by atoms with van der Waals surface area (Å²) in [5, 5.41) is 4.38. The lowest BCUT2D eigenvalue weighted by Gasteiger charge is -2.33. The molecule has 0 spiro atoms. The molecule has 8 heteroatoms. The van der Waals surface area contributed by atoms with Gasteiger partial charge in [-0.05, 0) is 26.0 Å². The summed E-state index contributed by atoms with van der Waals surface area (Å²) >= 11 is 0. The standard InChI is InChI=1S/C17H25N5O3/c1-13-18-14(2)22(19-13)11-16-10-21(6-8-25-16)12-17(23)20(3)9-15-5-4-7-24-15/h4-5,7,16H,6,8-12H2,1-3H3. The average Bonchev–Trinajstić information content (AvgIpc) is 3.17. The van der Waals surface area contributed by atoms with E-state index in [9.17, 15) is 4.79 Å².